The molecule has 2 aromatic rings. The summed E-state index contributed by atoms with van der Waals surface area (Å²) in [6.07, 6.45) is 14.3. The summed E-state index contributed by atoms with van der Waals surface area (Å²) in [7, 11) is 3.29. The average molecular weight is 493 g/mol. The number of aliphatic imine (C=N–C) groups is 1. The molecule has 2 fully saturated rings. The van der Waals surface area contributed by atoms with E-state index in [4.69, 9.17) is 24.4 Å². The Labute approximate surface area is 215 Å². The molecule has 2 N–H and O–H groups in total. The Balaban J connectivity index is 1.61. The molecule has 1 aromatic heterocycles. The number of ether oxygens (including phenoxy) is 2. The van der Waals surface area contributed by atoms with Crippen molar-refractivity contribution in [3.05, 3.63) is 46.9 Å². The van der Waals surface area contributed by atoms with Crippen molar-refractivity contribution in [1.29, 1.82) is 0 Å². The lowest BCUT2D eigenvalue weighted by atomic mass is 9.92. The number of aromatic nitrogens is 2. The molecule has 1 heterocycles. The van der Waals surface area contributed by atoms with E-state index < -0.39 is 0 Å². The van der Waals surface area contributed by atoms with Gasteiger partial charge in [0.2, 0.25) is 0 Å². The molecular weight excluding hydrogens is 452 g/mol. The van der Waals surface area contributed by atoms with Gasteiger partial charge < -0.3 is 19.9 Å². The maximum atomic E-state index is 10.1. The van der Waals surface area contributed by atoms with Crippen LogP contribution in [0.3, 0.4) is 0 Å². The van der Waals surface area contributed by atoms with Crippen molar-refractivity contribution in [2.75, 3.05) is 19.5 Å². The Hall–Kier alpha value is -2.93. The lowest BCUT2D eigenvalue weighted by Crippen LogP contribution is -2.13. The van der Waals surface area contributed by atoms with Crippen LogP contribution in [0.5, 0.6) is 11.5 Å². The van der Waals surface area contributed by atoms with Crippen LogP contribution in [0.2, 0.25) is 0 Å². The van der Waals surface area contributed by atoms with E-state index >= 15 is 0 Å². The summed E-state index contributed by atoms with van der Waals surface area (Å²) in [5.41, 5.74) is 4.25. The van der Waals surface area contributed by atoms with Crippen LogP contribution in [0.1, 0.15) is 75.4 Å². The van der Waals surface area contributed by atoms with Crippen molar-refractivity contribution in [3.8, 4) is 11.5 Å². The molecule has 7 nitrogen and oxygen atoms in total. The molecule has 1 atom stereocenters. The maximum Gasteiger partial charge on any atom is 0.161 e. The molecule has 0 aliphatic heterocycles. The van der Waals surface area contributed by atoms with Crippen molar-refractivity contribution < 1.29 is 14.6 Å². The molecule has 2 aliphatic carbocycles. The number of aliphatic hydroxyl groups excluding tert-OH is 1. The second-order valence-electron chi connectivity index (χ2n) is 9.89. The molecule has 4 rings (SSSR count). The molecule has 0 radical (unpaired) electrons. The highest BCUT2D eigenvalue weighted by molar-refractivity contribution is 5.70. The number of nitrogens with zero attached hydrogens (tertiary/aromatic N) is 3. The quantitative estimate of drug-likeness (QED) is 0.314. The van der Waals surface area contributed by atoms with Crippen LogP contribution < -0.4 is 14.8 Å². The third kappa shape index (κ3) is 6.84. The minimum atomic E-state index is -0.219. The zero-order valence-corrected chi connectivity index (χ0v) is 21.9. The van der Waals surface area contributed by atoms with Crippen LogP contribution in [0.25, 0.3) is 0 Å². The van der Waals surface area contributed by atoms with Crippen LogP contribution >= 0.6 is 0 Å². The molecule has 2 saturated carbocycles. The second kappa shape index (κ2) is 12.9. The van der Waals surface area contributed by atoms with Gasteiger partial charge in [-0.05, 0) is 62.6 Å². The van der Waals surface area contributed by atoms with Gasteiger partial charge in [-0.25, -0.2) is 9.97 Å². The molecule has 0 spiro atoms. The minimum absolute atomic E-state index is 0.219. The van der Waals surface area contributed by atoms with Gasteiger partial charge in [-0.3, -0.25) is 4.99 Å². The Kier molecular flexibility index (Phi) is 9.34. The van der Waals surface area contributed by atoms with Crippen LogP contribution in [-0.2, 0) is 19.4 Å². The predicted octanol–water partition coefficient (Wildman–Crippen LogP) is 5.96. The molecule has 2 aliphatic rings. The van der Waals surface area contributed by atoms with Gasteiger partial charge in [0.15, 0.2) is 17.3 Å². The van der Waals surface area contributed by atoms with Gasteiger partial charge in [0.1, 0.15) is 11.5 Å². The summed E-state index contributed by atoms with van der Waals surface area (Å²) in [6, 6.07) is 5.93. The number of anilines is 1. The van der Waals surface area contributed by atoms with Crippen molar-refractivity contribution in [2.24, 2.45) is 10.9 Å². The molecule has 0 bridgehead atoms. The molecule has 194 valence electrons. The summed E-state index contributed by atoms with van der Waals surface area (Å²) in [6.45, 7) is 2.52. The van der Waals surface area contributed by atoms with E-state index in [1.54, 1.807) is 14.2 Å². The first kappa shape index (κ1) is 26.1. The fraction of sp³-hybridized carbons (Fsp3) is 0.552. The largest absolute Gasteiger partial charge is 0.493 e. The Morgan fingerprint density at radius 3 is 2.61 bits per heavy atom. The Morgan fingerprint density at radius 2 is 1.89 bits per heavy atom. The zero-order chi connectivity index (χ0) is 25.3. The third-order valence-corrected chi connectivity index (χ3v) is 7.23. The first-order valence-electron chi connectivity index (χ1n) is 13.3. The van der Waals surface area contributed by atoms with Crippen molar-refractivity contribution >= 4 is 17.7 Å². The van der Waals surface area contributed by atoms with Gasteiger partial charge >= 0.3 is 0 Å². The van der Waals surface area contributed by atoms with Crippen LogP contribution in [0.4, 0.5) is 11.5 Å². The highest BCUT2D eigenvalue weighted by Gasteiger charge is 2.21. The number of hydrogen-bond acceptors (Lipinski definition) is 7. The first-order chi connectivity index (χ1) is 17.6. The summed E-state index contributed by atoms with van der Waals surface area (Å²) in [5.74, 6) is 3.64. The van der Waals surface area contributed by atoms with E-state index in [1.807, 2.05) is 31.3 Å². The van der Waals surface area contributed by atoms with Crippen molar-refractivity contribution in [2.45, 2.75) is 83.8 Å². The Bertz CT molecular complexity index is 1080. The minimum Gasteiger partial charge on any atom is -0.493 e. The van der Waals surface area contributed by atoms with Gasteiger partial charge in [-0.15, -0.1) is 0 Å². The van der Waals surface area contributed by atoms with Crippen LogP contribution in [-0.4, -0.2) is 41.6 Å². The third-order valence-electron chi connectivity index (χ3n) is 7.23. The molecule has 0 saturated heterocycles. The normalized spacial score (nSPS) is 19.8. The molecule has 7 heteroatoms. The number of benzene rings is 1. The topological polar surface area (TPSA) is 88.9 Å². The van der Waals surface area contributed by atoms with E-state index in [-0.39, 0.29) is 6.10 Å². The van der Waals surface area contributed by atoms with E-state index in [9.17, 15) is 5.11 Å². The SMILES string of the molecule is CC=Nc1c(CC2CCCC2)nc(C/C=C2/CCCC(O)C2)nc1NCc1ccc(OC)c(OC)c1. The second-order valence-corrected chi connectivity index (χ2v) is 9.89. The van der Waals surface area contributed by atoms with Gasteiger partial charge in [0, 0.05) is 19.2 Å². The number of nitrogens with one attached hydrogen (secondary N) is 1. The van der Waals surface area contributed by atoms with Gasteiger partial charge in [0.05, 0.1) is 26.0 Å². The number of allylic oxidation sites excluding steroid dienone is 1. The van der Waals surface area contributed by atoms with Crippen molar-refractivity contribution in [3.63, 3.8) is 0 Å². The number of methoxy groups -OCH3 is 2. The van der Waals surface area contributed by atoms with E-state index in [2.05, 4.69) is 11.4 Å². The number of hydrogen-bond donors (Lipinski definition) is 2. The average Bonchev–Trinajstić information content (AvgIpc) is 3.40. The summed E-state index contributed by atoms with van der Waals surface area (Å²) >= 11 is 0. The first-order valence-corrected chi connectivity index (χ1v) is 13.3. The van der Waals surface area contributed by atoms with E-state index in [0.29, 0.717) is 30.4 Å². The summed E-state index contributed by atoms with van der Waals surface area (Å²) in [4.78, 5) is 14.7. The monoisotopic (exact) mass is 492 g/mol. The summed E-state index contributed by atoms with van der Waals surface area (Å²) < 4.78 is 10.9. The lowest BCUT2D eigenvalue weighted by molar-refractivity contribution is 0.149. The summed E-state index contributed by atoms with van der Waals surface area (Å²) in [5, 5.41) is 13.6. The van der Waals surface area contributed by atoms with E-state index in [0.717, 1.165) is 60.7 Å². The van der Waals surface area contributed by atoms with Crippen LogP contribution in [0, 0.1) is 5.92 Å². The van der Waals surface area contributed by atoms with Crippen molar-refractivity contribution in [1.82, 2.24) is 9.97 Å². The smallest absolute Gasteiger partial charge is 0.161 e. The molecule has 1 aromatic carbocycles. The number of aliphatic hydroxyl groups is 1. The van der Waals surface area contributed by atoms with Gasteiger partial charge in [0.25, 0.3) is 0 Å². The highest BCUT2D eigenvalue weighted by atomic mass is 16.5. The highest BCUT2D eigenvalue weighted by Crippen LogP contribution is 2.35. The zero-order valence-electron chi connectivity index (χ0n) is 21.9. The number of rotatable bonds is 10. The predicted molar refractivity (Wildman–Crippen MR) is 145 cm³/mol. The molecule has 0 amide bonds. The molecular formula is C29H40N4O3. The fourth-order valence-electron chi connectivity index (χ4n) is 5.33. The van der Waals surface area contributed by atoms with Crippen LogP contribution in [0.15, 0.2) is 34.8 Å². The molecule has 1 unspecified atom stereocenters. The molecule has 36 heavy (non-hydrogen) atoms. The van der Waals surface area contributed by atoms with Gasteiger partial charge in [-0.2, -0.15) is 0 Å². The standard InChI is InChI=1S/C29H40N4O3/c1-4-30-28-24(17-20-8-5-6-9-20)32-27(15-13-21-10-7-11-23(34)16-21)33-29(28)31-19-22-12-14-25(35-2)26(18-22)36-3/h4,12-14,18,20,23,34H,5-11,15-17,19H2,1-3H3,(H,31,32,33)/b21-13-,30-4?. The van der Waals surface area contributed by atoms with E-state index in [1.165, 1.54) is 31.3 Å². The fourth-order valence-corrected chi connectivity index (χ4v) is 5.33. The maximum absolute atomic E-state index is 10.1. The van der Waals surface area contributed by atoms with Gasteiger partial charge in [-0.1, -0.05) is 43.4 Å². The Morgan fingerprint density at radius 1 is 1.08 bits per heavy atom. The lowest BCUT2D eigenvalue weighted by Gasteiger charge is -2.20.